The van der Waals surface area contributed by atoms with Gasteiger partial charge in [-0.2, -0.15) is 0 Å². The van der Waals surface area contributed by atoms with Crippen molar-refractivity contribution >= 4 is 40.7 Å². The van der Waals surface area contributed by atoms with Gasteiger partial charge in [-0.15, -0.1) is 0 Å². The fourth-order valence-corrected chi connectivity index (χ4v) is 2.15. The molecule has 7 nitrogen and oxygen atoms in total. The lowest BCUT2D eigenvalue weighted by molar-refractivity contribution is -0.126. The number of hydrogen-bond acceptors (Lipinski definition) is 4. The van der Waals surface area contributed by atoms with Crippen LogP contribution in [0.3, 0.4) is 0 Å². The molecule has 0 radical (unpaired) electrons. The van der Waals surface area contributed by atoms with E-state index in [2.05, 4.69) is 21.5 Å². The number of anilines is 1. The smallest absolute Gasteiger partial charge is 0.269 e. The van der Waals surface area contributed by atoms with Gasteiger partial charge in [-0.25, -0.2) is 0 Å². The highest BCUT2D eigenvalue weighted by atomic mass is 32.1. The number of hydrazine groups is 1. The minimum Gasteiger partial charge on any atom is -0.322 e. The average Bonchev–Trinajstić information content (AvgIpc) is 2.66. The first-order valence-electron chi connectivity index (χ1n) is 8.55. The van der Waals surface area contributed by atoms with Gasteiger partial charge in [-0.3, -0.25) is 25.2 Å². The van der Waals surface area contributed by atoms with Crippen LogP contribution in [0.25, 0.3) is 0 Å². The van der Waals surface area contributed by atoms with E-state index in [-0.39, 0.29) is 16.9 Å². The highest BCUT2D eigenvalue weighted by molar-refractivity contribution is 7.80. The van der Waals surface area contributed by atoms with Crippen molar-refractivity contribution in [3.05, 3.63) is 65.7 Å². The lowest BCUT2D eigenvalue weighted by Crippen LogP contribution is -2.50. The Morgan fingerprint density at radius 2 is 1.36 bits per heavy atom. The Labute approximate surface area is 168 Å². The van der Waals surface area contributed by atoms with E-state index in [4.69, 9.17) is 12.2 Å². The van der Waals surface area contributed by atoms with Crippen LogP contribution in [0.4, 0.5) is 5.69 Å². The number of thiocarbonyl (C=S) groups is 1. The molecule has 2 aromatic rings. The summed E-state index contributed by atoms with van der Waals surface area (Å²) in [5.74, 6) is -0.939. The van der Waals surface area contributed by atoms with Crippen LogP contribution in [0.1, 0.15) is 41.5 Å². The number of benzene rings is 2. The van der Waals surface area contributed by atoms with Gasteiger partial charge < -0.3 is 10.6 Å². The molecule has 0 unspecified atom stereocenters. The third-order valence-corrected chi connectivity index (χ3v) is 3.84. The number of hydrogen-bond donors (Lipinski definition) is 4. The summed E-state index contributed by atoms with van der Waals surface area (Å²) in [4.78, 5) is 36.1. The summed E-state index contributed by atoms with van der Waals surface area (Å²) in [5.41, 5.74) is 5.75. The van der Waals surface area contributed by atoms with Crippen molar-refractivity contribution in [2.75, 3.05) is 5.32 Å². The third-order valence-electron chi connectivity index (χ3n) is 3.64. The lowest BCUT2D eigenvalue weighted by Gasteiger charge is -2.18. The molecule has 8 heteroatoms. The quantitative estimate of drug-likeness (QED) is 0.471. The van der Waals surface area contributed by atoms with Gasteiger partial charge in [0, 0.05) is 22.2 Å². The van der Waals surface area contributed by atoms with Crippen LogP contribution in [0.15, 0.2) is 54.6 Å². The minimum atomic E-state index is -0.601. The Bertz CT molecular complexity index is 875. The van der Waals surface area contributed by atoms with Crippen molar-refractivity contribution in [2.45, 2.75) is 20.8 Å². The monoisotopic (exact) mass is 398 g/mol. The maximum Gasteiger partial charge on any atom is 0.269 e. The summed E-state index contributed by atoms with van der Waals surface area (Å²) in [6.07, 6.45) is 0. The Balaban J connectivity index is 1.87. The molecular weight excluding hydrogens is 376 g/mol. The number of carbonyl (C=O) groups is 3. The highest BCUT2D eigenvalue weighted by Crippen LogP contribution is 2.12. The normalized spacial score (nSPS) is 10.5. The maximum atomic E-state index is 12.2. The summed E-state index contributed by atoms with van der Waals surface area (Å²) < 4.78 is 0. The molecular formula is C20H22N4O3S. The SMILES string of the molecule is CC(C)(C)C(=O)NC(=S)NNC(=O)c1ccc(NC(=O)c2ccccc2)cc1. The van der Waals surface area contributed by atoms with Crippen molar-refractivity contribution in [3.63, 3.8) is 0 Å². The van der Waals surface area contributed by atoms with Gasteiger partial charge in [0.15, 0.2) is 5.11 Å². The van der Waals surface area contributed by atoms with Gasteiger partial charge >= 0.3 is 0 Å². The maximum absolute atomic E-state index is 12.2. The zero-order valence-electron chi connectivity index (χ0n) is 15.8. The first-order chi connectivity index (χ1) is 13.2. The van der Waals surface area contributed by atoms with Crippen LogP contribution < -0.4 is 21.5 Å². The highest BCUT2D eigenvalue weighted by Gasteiger charge is 2.22. The van der Waals surface area contributed by atoms with Crippen molar-refractivity contribution in [2.24, 2.45) is 5.41 Å². The van der Waals surface area contributed by atoms with Crippen molar-refractivity contribution in [1.82, 2.24) is 16.2 Å². The zero-order valence-corrected chi connectivity index (χ0v) is 16.6. The Morgan fingerprint density at radius 3 is 1.93 bits per heavy atom. The van der Waals surface area contributed by atoms with Gasteiger partial charge in [0.25, 0.3) is 11.8 Å². The molecule has 2 aromatic carbocycles. The van der Waals surface area contributed by atoms with Crippen LogP contribution in [0.5, 0.6) is 0 Å². The molecule has 0 heterocycles. The molecule has 0 aliphatic carbocycles. The molecule has 4 N–H and O–H groups in total. The Morgan fingerprint density at radius 1 is 0.786 bits per heavy atom. The van der Waals surface area contributed by atoms with Gasteiger partial charge in [0.05, 0.1) is 0 Å². The lowest BCUT2D eigenvalue weighted by atomic mass is 9.96. The molecule has 0 aliphatic rings. The van der Waals surface area contributed by atoms with Crippen LogP contribution in [0.2, 0.25) is 0 Å². The number of carbonyl (C=O) groups excluding carboxylic acids is 3. The predicted molar refractivity (Wildman–Crippen MR) is 112 cm³/mol. The first-order valence-corrected chi connectivity index (χ1v) is 8.96. The molecule has 2 rings (SSSR count). The number of rotatable bonds is 3. The standard InChI is InChI=1S/C20H22N4O3S/c1-20(2,3)18(27)22-19(28)24-23-17(26)14-9-11-15(12-10-14)21-16(25)13-7-5-4-6-8-13/h4-12H,1-3H3,(H,21,25)(H,23,26)(H2,22,24,27,28). The molecule has 28 heavy (non-hydrogen) atoms. The van der Waals surface area contributed by atoms with Crippen molar-refractivity contribution in [3.8, 4) is 0 Å². The molecule has 0 fully saturated rings. The molecule has 0 aromatic heterocycles. The fourth-order valence-electron chi connectivity index (χ4n) is 2.01. The van der Waals surface area contributed by atoms with E-state index >= 15 is 0 Å². The molecule has 0 aliphatic heterocycles. The van der Waals surface area contributed by atoms with Crippen molar-refractivity contribution < 1.29 is 14.4 Å². The molecule has 0 spiro atoms. The van der Waals surface area contributed by atoms with Gasteiger partial charge in [0.2, 0.25) is 5.91 Å². The number of nitrogens with one attached hydrogen (secondary N) is 4. The second kappa shape index (κ2) is 9.09. The predicted octanol–water partition coefficient (Wildman–Crippen LogP) is 2.62. The van der Waals surface area contributed by atoms with Gasteiger partial charge in [-0.1, -0.05) is 39.0 Å². The summed E-state index contributed by atoms with van der Waals surface area (Å²) >= 11 is 4.98. The molecule has 146 valence electrons. The van der Waals surface area contributed by atoms with Gasteiger partial charge in [-0.05, 0) is 48.6 Å². The summed E-state index contributed by atoms with van der Waals surface area (Å²) in [6.45, 7) is 5.25. The molecule has 0 saturated carbocycles. The second-order valence-corrected chi connectivity index (χ2v) is 7.42. The second-order valence-electron chi connectivity index (χ2n) is 7.01. The van der Waals surface area contributed by atoms with E-state index in [1.54, 1.807) is 69.3 Å². The van der Waals surface area contributed by atoms with Crippen molar-refractivity contribution in [1.29, 1.82) is 0 Å². The molecule has 0 saturated heterocycles. The van der Waals surface area contributed by atoms with E-state index in [0.29, 0.717) is 16.8 Å². The summed E-state index contributed by atoms with van der Waals surface area (Å²) in [5, 5.41) is 5.25. The van der Waals surface area contributed by atoms with E-state index in [9.17, 15) is 14.4 Å². The summed E-state index contributed by atoms with van der Waals surface area (Å²) in [6, 6.07) is 15.2. The van der Waals surface area contributed by atoms with Gasteiger partial charge in [0.1, 0.15) is 0 Å². The van der Waals surface area contributed by atoms with E-state index < -0.39 is 11.3 Å². The largest absolute Gasteiger partial charge is 0.322 e. The summed E-state index contributed by atoms with van der Waals surface area (Å²) in [7, 11) is 0. The first kappa shape index (κ1) is 21.0. The molecule has 0 atom stereocenters. The fraction of sp³-hybridized carbons (Fsp3) is 0.200. The van der Waals surface area contributed by atoms with E-state index in [1.807, 2.05) is 6.07 Å². The third kappa shape index (κ3) is 6.17. The van der Waals surface area contributed by atoms with Crippen LogP contribution in [-0.2, 0) is 4.79 Å². The van der Waals surface area contributed by atoms with Crippen LogP contribution in [0, 0.1) is 5.41 Å². The van der Waals surface area contributed by atoms with Crippen LogP contribution >= 0.6 is 12.2 Å². The Kier molecular flexibility index (Phi) is 6.84. The van der Waals surface area contributed by atoms with Crippen LogP contribution in [-0.4, -0.2) is 22.8 Å². The average molecular weight is 398 g/mol. The molecule has 3 amide bonds. The Hall–Kier alpha value is -3.26. The minimum absolute atomic E-state index is 0.0000182. The van der Waals surface area contributed by atoms with E-state index in [0.717, 1.165) is 0 Å². The van der Waals surface area contributed by atoms with E-state index in [1.165, 1.54) is 0 Å². The molecule has 0 bridgehead atoms. The topological polar surface area (TPSA) is 99.3 Å². The zero-order chi connectivity index (χ0) is 20.7. The number of amides is 3.